The van der Waals surface area contributed by atoms with Gasteiger partial charge in [-0.3, -0.25) is 9.59 Å². The number of carbonyl (C=O) groups excluding carboxylic acids is 2. The summed E-state index contributed by atoms with van der Waals surface area (Å²) in [6.45, 7) is 7.54. The fraction of sp³-hybridized carbons (Fsp3) is 0.389. The van der Waals surface area contributed by atoms with E-state index in [1.807, 2.05) is 25.7 Å². The Bertz CT molecular complexity index is 1670. The molecule has 4 atom stereocenters. The van der Waals surface area contributed by atoms with Crippen molar-refractivity contribution in [3.63, 3.8) is 0 Å². The van der Waals surface area contributed by atoms with Crippen molar-refractivity contribution in [2.75, 3.05) is 13.1 Å². The molecule has 0 unspecified atom stereocenters. The molecule has 41 heavy (non-hydrogen) atoms. The van der Waals surface area contributed by atoms with Crippen LogP contribution in [-0.4, -0.2) is 41.6 Å². The van der Waals surface area contributed by atoms with Gasteiger partial charge >= 0.3 is 5.97 Å². The minimum Gasteiger partial charge on any atom is -0.448 e. The van der Waals surface area contributed by atoms with Crippen LogP contribution in [0.2, 0.25) is 0 Å². The Morgan fingerprint density at radius 2 is 1.63 bits per heavy atom. The second kappa shape index (κ2) is 9.42. The minimum absolute atomic E-state index is 0.0623. The maximum Gasteiger partial charge on any atom is 0.313 e. The molecule has 1 amide bonds. The molecule has 7 rings (SSSR count). The molecule has 2 aliphatic heterocycles. The zero-order valence-corrected chi connectivity index (χ0v) is 24.1. The van der Waals surface area contributed by atoms with Crippen LogP contribution in [0.15, 0.2) is 84.9 Å². The van der Waals surface area contributed by atoms with Gasteiger partial charge in [0.2, 0.25) is 0 Å². The Labute approximate surface area is 241 Å². The summed E-state index contributed by atoms with van der Waals surface area (Å²) in [7, 11) is 0. The zero-order valence-electron chi connectivity index (χ0n) is 24.1. The smallest absolute Gasteiger partial charge is 0.313 e. The third kappa shape index (κ3) is 3.85. The summed E-state index contributed by atoms with van der Waals surface area (Å²) in [4.78, 5) is 29.1. The molecule has 1 aliphatic carbocycles. The van der Waals surface area contributed by atoms with Crippen molar-refractivity contribution in [1.29, 1.82) is 0 Å². The molecule has 5 heteroatoms. The molecule has 3 aliphatic rings. The van der Waals surface area contributed by atoms with Gasteiger partial charge < -0.3 is 14.4 Å². The Morgan fingerprint density at radius 1 is 0.902 bits per heavy atom. The SMILES string of the molecule is CC1(C)[C@@]2(C)CC[C@]1(C(=O)N1CC[C@H](c3cccc4ccccc34)[C@@H](OCc3ccc4ccccc4c3)C1)OC2=O. The van der Waals surface area contributed by atoms with E-state index in [4.69, 9.17) is 9.47 Å². The molecule has 0 aromatic heterocycles. The van der Waals surface area contributed by atoms with Crippen molar-refractivity contribution < 1.29 is 19.1 Å². The number of likely N-dealkylation sites (tertiary alicyclic amines) is 1. The van der Waals surface area contributed by atoms with Crippen LogP contribution in [0.5, 0.6) is 0 Å². The first-order valence-corrected chi connectivity index (χ1v) is 14.8. The molecule has 210 valence electrons. The number of esters is 1. The highest BCUT2D eigenvalue weighted by molar-refractivity contribution is 5.96. The summed E-state index contributed by atoms with van der Waals surface area (Å²) in [6, 6.07) is 29.8. The number of hydrogen-bond donors (Lipinski definition) is 0. The lowest BCUT2D eigenvalue weighted by Gasteiger charge is -2.44. The van der Waals surface area contributed by atoms with E-state index < -0.39 is 16.4 Å². The van der Waals surface area contributed by atoms with Gasteiger partial charge in [0.15, 0.2) is 5.60 Å². The number of fused-ring (bicyclic) bond motifs is 4. The molecular weight excluding hydrogens is 510 g/mol. The third-order valence-electron chi connectivity index (χ3n) is 10.8. The molecule has 1 saturated carbocycles. The first-order chi connectivity index (χ1) is 19.7. The van der Waals surface area contributed by atoms with E-state index in [9.17, 15) is 9.59 Å². The molecule has 3 fully saturated rings. The highest BCUT2D eigenvalue weighted by Crippen LogP contribution is 2.66. The standard InChI is InChI=1S/C36H37NO4/c1-34(2)35(3)18-19-36(34,41-33(35)39)32(38)37-20-17-30(29-14-8-12-26-10-6-7-13-28(26)29)31(22-37)40-23-24-15-16-25-9-4-5-11-27(25)21-24/h4-16,21,30-31H,17-20,22-23H2,1-3H3/t30-,31+,35+,36-/m1/s1. The molecule has 0 radical (unpaired) electrons. The predicted molar refractivity (Wildman–Crippen MR) is 160 cm³/mol. The van der Waals surface area contributed by atoms with Crippen LogP contribution in [0.25, 0.3) is 21.5 Å². The van der Waals surface area contributed by atoms with Crippen molar-refractivity contribution in [3.8, 4) is 0 Å². The quantitative estimate of drug-likeness (QED) is 0.252. The summed E-state index contributed by atoms with van der Waals surface area (Å²) in [5.74, 6) is -0.166. The Kier molecular flexibility index (Phi) is 6.02. The van der Waals surface area contributed by atoms with E-state index in [1.54, 1.807) is 0 Å². The predicted octanol–water partition coefficient (Wildman–Crippen LogP) is 7.02. The molecule has 2 heterocycles. The van der Waals surface area contributed by atoms with Crippen molar-refractivity contribution in [1.82, 2.24) is 4.90 Å². The maximum atomic E-state index is 14.3. The van der Waals surface area contributed by atoms with E-state index in [2.05, 4.69) is 84.9 Å². The lowest BCUT2D eigenvalue weighted by Crippen LogP contribution is -2.58. The van der Waals surface area contributed by atoms with Gasteiger partial charge in [-0.15, -0.1) is 0 Å². The van der Waals surface area contributed by atoms with E-state index in [1.165, 1.54) is 27.1 Å². The van der Waals surface area contributed by atoms with Crippen molar-refractivity contribution in [2.24, 2.45) is 10.8 Å². The third-order valence-corrected chi connectivity index (χ3v) is 10.8. The molecule has 0 N–H and O–H groups in total. The molecule has 2 saturated heterocycles. The fourth-order valence-electron chi connectivity index (χ4n) is 7.71. The number of benzene rings is 4. The molecule has 2 bridgehead atoms. The zero-order chi connectivity index (χ0) is 28.4. The van der Waals surface area contributed by atoms with Crippen LogP contribution >= 0.6 is 0 Å². The number of hydrogen-bond acceptors (Lipinski definition) is 4. The average Bonchev–Trinajstić information content (AvgIpc) is 3.29. The van der Waals surface area contributed by atoms with Gasteiger partial charge in [0, 0.05) is 24.4 Å². The summed E-state index contributed by atoms with van der Waals surface area (Å²) < 4.78 is 12.7. The lowest BCUT2D eigenvalue weighted by molar-refractivity contribution is -0.176. The largest absolute Gasteiger partial charge is 0.448 e. The summed E-state index contributed by atoms with van der Waals surface area (Å²) in [5, 5.41) is 4.83. The van der Waals surface area contributed by atoms with Gasteiger partial charge in [0.25, 0.3) is 5.91 Å². The second-order valence-electron chi connectivity index (χ2n) is 12.9. The maximum absolute atomic E-state index is 14.3. The van der Waals surface area contributed by atoms with Crippen LogP contribution in [0.4, 0.5) is 0 Å². The van der Waals surface area contributed by atoms with Crippen LogP contribution < -0.4 is 0 Å². The summed E-state index contributed by atoms with van der Waals surface area (Å²) in [5.41, 5.74) is 0.0734. The van der Waals surface area contributed by atoms with Gasteiger partial charge in [-0.25, -0.2) is 0 Å². The van der Waals surface area contributed by atoms with Crippen LogP contribution in [-0.2, 0) is 25.7 Å². The number of rotatable bonds is 5. The van der Waals surface area contributed by atoms with Crippen LogP contribution in [0.1, 0.15) is 57.1 Å². The highest BCUT2D eigenvalue weighted by Gasteiger charge is 2.76. The van der Waals surface area contributed by atoms with Gasteiger partial charge in [-0.2, -0.15) is 0 Å². The first kappa shape index (κ1) is 26.2. The Hall–Kier alpha value is -3.70. The normalized spacial score (nSPS) is 28.8. The van der Waals surface area contributed by atoms with E-state index in [-0.39, 0.29) is 23.9 Å². The average molecular weight is 548 g/mol. The molecule has 0 spiro atoms. The van der Waals surface area contributed by atoms with E-state index in [0.717, 1.165) is 12.0 Å². The molecule has 4 aromatic rings. The highest BCUT2D eigenvalue weighted by atomic mass is 16.6. The molecule has 4 aromatic carbocycles. The second-order valence-corrected chi connectivity index (χ2v) is 12.9. The topological polar surface area (TPSA) is 55.8 Å². The summed E-state index contributed by atoms with van der Waals surface area (Å²) >= 11 is 0. The van der Waals surface area contributed by atoms with Crippen LogP contribution in [0.3, 0.4) is 0 Å². The van der Waals surface area contributed by atoms with Crippen LogP contribution in [0, 0.1) is 10.8 Å². The number of nitrogens with zero attached hydrogens (tertiary/aromatic N) is 1. The van der Waals surface area contributed by atoms with E-state index >= 15 is 0 Å². The summed E-state index contributed by atoms with van der Waals surface area (Å²) in [6.07, 6.45) is 1.84. The van der Waals surface area contributed by atoms with Gasteiger partial charge in [-0.1, -0.05) is 92.7 Å². The number of carbonyl (C=O) groups is 2. The molecular formula is C36H37NO4. The van der Waals surface area contributed by atoms with Gasteiger partial charge in [0.1, 0.15) is 0 Å². The monoisotopic (exact) mass is 547 g/mol. The molecule has 5 nitrogen and oxygen atoms in total. The number of amides is 1. The Morgan fingerprint density at radius 3 is 2.39 bits per heavy atom. The van der Waals surface area contributed by atoms with Crippen molar-refractivity contribution in [3.05, 3.63) is 96.1 Å². The Balaban J connectivity index is 1.20. The fourth-order valence-corrected chi connectivity index (χ4v) is 7.71. The lowest BCUT2D eigenvalue weighted by atomic mass is 9.66. The van der Waals surface area contributed by atoms with Gasteiger partial charge in [0.05, 0.1) is 18.1 Å². The number of piperidine rings is 1. The van der Waals surface area contributed by atoms with Crippen molar-refractivity contribution >= 4 is 33.4 Å². The minimum atomic E-state index is -1.10. The first-order valence-electron chi connectivity index (χ1n) is 14.8. The number of ether oxygens (including phenoxy) is 2. The van der Waals surface area contributed by atoms with Gasteiger partial charge in [-0.05, 0) is 64.9 Å². The van der Waals surface area contributed by atoms with E-state index in [0.29, 0.717) is 32.5 Å². The van der Waals surface area contributed by atoms with Crippen molar-refractivity contribution in [2.45, 2.75) is 64.3 Å².